The Kier molecular flexibility index (Phi) is 5.73. The molecule has 1 amide bonds. The number of carbonyl (C=O) groups is 2. The van der Waals surface area contributed by atoms with Crippen molar-refractivity contribution in [1.29, 1.82) is 0 Å². The molecule has 6 heteroatoms. The smallest absolute Gasteiger partial charge is 0.312 e. The normalized spacial score (nSPS) is 21.8. The molecule has 1 fully saturated rings. The quantitative estimate of drug-likeness (QED) is 0.847. The minimum Gasteiger partial charge on any atom is -0.455 e. The lowest BCUT2D eigenvalue weighted by Gasteiger charge is -2.29. The number of aromatic nitrogens is 1. The number of hydrogen-bond acceptors (Lipinski definition) is 5. The Morgan fingerprint density at radius 1 is 1.43 bits per heavy atom. The summed E-state index contributed by atoms with van der Waals surface area (Å²) in [5.41, 5.74) is 0.698. The van der Waals surface area contributed by atoms with Crippen molar-refractivity contribution in [2.24, 2.45) is 5.92 Å². The summed E-state index contributed by atoms with van der Waals surface area (Å²) in [5, 5.41) is 5.71. The highest BCUT2D eigenvalue weighted by Crippen LogP contribution is 2.23. The van der Waals surface area contributed by atoms with E-state index < -0.39 is 5.97 Å². The van der Waals surface area contributed by atoms with Crippen LogP contribution in [0.5, 0.6) is 0 Å². The van der Waals surface area contributed by atoms with Crippen LogP contribution in [0.3, 0.4) is 0 Å². The predicted molar refractivity (Wildman–Crippen MR) is 81.1 cm³/mol. The molecule has 1 aliphatic rings. The second kappa shape index (κ2) is 7.54. The van der Waals surface area contributed by atoms with E-state index in [4.69, 9.17) is 4.74 Å². The maximum absolute atomic E-state index is 11.8. The average molecular weight is 310 g/mol. The molecule has 1 heterocycles. The molecule has 1 N–H and O–H groups in total. The number of hydrogen-bond donors (Lipinski definition) is 1. The van der Waals surface area contributed by atoms with E-state index in [1.54, 1.807) is 0 Å². The summed E-state index contributed by atoms with van der Waals surface area (Å²) >= 11 is 1.50. The largest absolute Gasteiger partial charge is 0.455 e. The zero-order valence-electron chi connectivity index (χ0n) is 12.6. The van der Waals surface area contributed by atoms with Gasteiger partial charge in [0.05, 0.1) is 17.1 Å². The minimum absolute atomic E-state index is 0.122. The van der Waals surface area contributed by atoms with Crippen LogP contribution in [-0.4, -0.2) is 29.5 Å². The Balaban J connectivity index is 1.69. The van der Waals surface area contributed by atoms with Crippen molar-refractivity contribution in [2.45, 2.75) is 52.0 Å². The van der Waals surface area contributed by atoms with Gasteiger partial charge in [0, 0.05) is 11.4 Å². The summed E-state index contributed by atoms with van der Waals surface area (Å²) in [5.74, 6) is -0.125. The van der Waals surface area contributed by atoms with Crippen LogP contribution in [0.2, 0.25) is 0 Å². The molecule has 0 aromatic carbocycles. The monoisotopic (exact) mass is 310 g/mol. The highest BCUT2D eigenvalue weighted by atomic mass is 32.1. The molecule has 0 radical (unpaired) electrons. The molecule has 21 heavy (non-hydrogen) atoms. The first-order valence-electron chi connectivity index (χ1n) is 7.40. The number of rotatable bonds is 5. The molecule has 0 aliphatic heterocycles. The summed E-state index contributed by atoms with van der Waals surface area (Å²) in [7, 11) is 0. The number of aryl methyl sites for hydroxylation is 1. The first kappa shape index (κ1) is 15.9. The van der Waals surface area contributed by atoms with Gasteiger partial charge in [-0.3, -0.25) is 9.59 Å². The van der Waals surface area contributed by atoms with E-state index in [0.717, 1.165) is 24.3 Å². The molecule has 1 aliphatic carbocycles. The van der Waals surface area contributed by atoms with Gasteiger partial charge in [0.15, 0.2) is 6.61 Å². The fourth-order valence-electron chi connectivity index (χ4n) is 2.61. The maximum Gasteiger partial charge on any atom is 0.312 e. The highest BCUT2D eigenvalue weighted by Gasteiger charge is 2.23. The SMILES string of the molecule is Cc1nc(CC(=O)OCC(=O)NC2CCCCC2C)cs1. The van der Waals surface area contributed by atoms with Gasteiger partial charge in [-0.1, -0.05) is 19.8 Å². The average Bonchev–Trinajstić information content (AvgIpc) is 2.84. The summed E-state index contributed by atoms with van der Waals surface area (Å²) in [6, 6.07) is 0.214. The molecule has 1 saturated carbocycles. The van der Waals surface area contributed by atoms with Gasteiger partial charge in [0.2, 0.25) is 0 Å². The van der Waals surface area contributed by atoms with Gasteiger partial charge in [0.1, 0.15) is 0 Å². The zero-order valence-corrected chi connectivity index (χ0v) is 13.4. The molecule has 0 bridgehead atoms. The minimum atomic E-state index is -0.410. The van der Waals surface area contributed by atoms with Crippen LogP contribution in [0, 0.1) is 12.8 Å². The third kappa shape index (κ3) is 5.12. The van der Waals surface area contributed by atoms with Crippen molar-refractivity contribution in [2.75, 3.05) is 6.61 Å². The van der Waals surface area contributed by atoms with Crippen molar-refractivity contribution in [3.05, 3.63) is 16.1 Å². The van der Waals surface area contributed by atoms with Crippen molar-refractivity contribution in [3.63, 3.8) is 0 Å². The van der Waals surface area contributed by atoms with Gasteiger partial charge < -0.3 is 10.1 Å². The molecular weight excluding hydrogens is 288 g/mol. The number of ether oxygens (including phenoxy) is 1. The van der Waals surface area contributed by atoms with E-state index >= 15 is 0 Å². The Labute approximate surface area is 129 Å². The van der Waals surface area contributed by atoms with Gasteiger partial charge in [-0.05, 0) is 25.7 Å². The van der Waals surface area contributed by atoms with Crippen molar-refractivity contribution in [1.82, 2.24) is 10.3 Å². The fraction of sp³-hybridized carbons (Fsp3) is 0.667. The number of esters is 1. The number of thiazole rings is 1. The molecule has 2 atom stereocenters. The first-order chi connectivity index (χ1) is 10.0. The second-order valence-corrected chi connectivity index (χ2v) is 6.69. The van der Waals surface area contributed by atoms with Gasteiger partial charge in [0.25, 0.3) is 5.91 Å². The Hall–Kier alpha value is -1.43. The molecule has 1 aromatic rings. The zero-order chi connectivity index (χ0) is 15.2. The fourth-order valence-corrected chi connectivity index (χ4v) is 3.23. The van der Waals surface area contributed by atoms with Crippen LogP contribution < -0.4 is 5.32 Å². The molecule has 0 spiro atoms. The van der Waals surface area contributed by atoms with Gasteiger partial charge in [-0.15, -0.1) is 11.3 Å². The molecule has 0 saturated heterocycles. The van der Waals surface area contributed by atoms with E-state index in [9.17, 15) is 9.59 Å². The topological polar surface area (TPSA) is 68.3 Å². The lowest BCUT2D eigenvalue weighted by molar-refractivity contribution is -0.148. The number of amides is 1. The van der Waals surface area contributed by atoms with Crippen LogP contribution in [0.15, 0.2) is 5.38 Å². The second-order valence-electron chi connectivity index (χ2n) is 5.63. The predicted octanol–water partition coefficient (Wildman–Crippen LogP) is 2.23. The maximum atomic E-state index is 11.8. The van der Waals surface area contributed by atoms with E-state index in [1.165, 1.54) is 17.8 Å². The molecule has 2 unspecified atom stereocenters. The van der Waals surface area contributed by atoms with Crippen molar-refractivity contribution >= 4 is 23.2 Å². The lowest BCUT2D eigenvalue weighted by Crippen LogP contribution is -2.42. The van der Waals surface area contributed by atoms with Crippen molar-refractivity contribution in [3.8, 4) is 0 Å². The van der Waals surface area contributed by atoms with E-state index in [2.05, 4.69) is 17.2 Å². The summed E-state index contributed by atoms with van der Waals surface area (Å²) in [6.45, 7) is 3.84. The number of carbonyl (C=O) groups excluding carboxylic acids is 2. The Bertz CT molecular complexity index is 501. The van der Waals surface area contributed by atoms with Crippen LogP contribution in [0.25, 0.3) is 0 Å². The summed E-state index contributed by atoms with van der Waals surface area (Å²) in [4.78, 5) is 27.7. The number of nitrogens with zero attached hydrogens (tertiary/aromatic N) is 1. The van der Waals surface area contributed by atoms with Crippen LogP contribution in [-0.2, 0) is 20.7 Å². The number of nitrogens with one attached hydrogen (secondary N) is 1. The lowest BCUT2D eigenvalue weighted by atomic mass is 9.86. The molecule has 1 aromatic heterocycles. The Morgan fingerprint density at radius 3 is 2.86 bits per heavy atom. The molecule has 2 rings (SSSR count). The molecule has 5 nitrogen and oxygen atoms in total. The van der Waals surface area contributed by atoms with Crippen LogP contribution in [0.1, 0.15) is 43.3 Å². The van der Waals surface area contributed by atoms with Crippen LogP contribution >= 0.6 is 11.3 Å². The van der Waals surface area contributed by atoms with Gasteiger partial charge >= 0.3 is 5.97 Å². The molecule has 116 valence electrons. The summed E-state index contributed by atoms with van der Waals surface area (Å²) in [6.07, 6.45) is 4.66. The standard InChI is InChI=1S/C15H22N2O3S/c1-10-5-3-4-6-13(10)17-14(18)8-20-15(19)7-12-9-21-11(2)16-12/h9-10,13H,3-8H2,1-2H3,(H,17,18). The van der Waals surface area contributed by atoms with E-state index in [0.29, 0.717) is 11.6 Å². The highest BCUT2D eigenvalue weighted by molar-refractivity contribution is 7.09. The summed E-state index contributed by atoms with van der Waals surface area (Å²) < 4.78 is 5.01. The van der Waals surface area contributed by atoms with Crippen molar-refractivity contribution < 1.29 is 14.3 Å². The van der Waals surface area contributed by atoms with Gasteiger partial charge in [-0.2, -0.15) is 0 Å². The third-order valence-electron chi connectivity index (χ3n) is 3.81. The Morgan fingerprint density at radius 2 is 2.19 bits per heavy atom. The van der Waals surface area contributed by atoms with E-state index in [-0.39, 0.29) is 25.0 Å². The first-order valence-corrected chi connectivity index (χ1v) is 8.28. The third-order valence-corrected chi connectivity index (χ3v) is 4.64. The van der Waals surface area contributed by atoms with Gasteiger partial charge in [-0.25, -0.2) is 4.98 Å². The van der Waals surface area contributed by atoms with Crippen LogP contribution in [0.4, 0.5) is 0 Å². The van der Waals surface area contributed by atoms with E-state index in [1.807, 2.05) is 12.3 Å². The molecular formula is C15H22N2O3S.